The van der Waals surface area contributed by atoms with Crippen molar-refractivity contribution in [2.45, 2.75) is 13.8 Å². The van der Waals surface area contributed by atoms with Crippen molar-refractivity contribution in [1.29, 1.82) is 0 Å². The zero-order valence-electron chi connectivity index (χ0n) is 14.9. The maximum atomic E-state index is 5.48. The Morgan fingerprint density at radius 2 is 0.708 bits per heavy atom. The number of aryl methyl sites for hydroxylation is 2. The summed E-state index contributed by atoms with van der Waals surface area (Å²) in [6, 6.07) is 8.11. The second kappa shape index (κ2) is 6.11. The van der Waals surface area contributed by atoms with E-state index in [1.165, 1.54) is 11.1 Å². The first-order valence-corrected chi connectivity index (χ1v) is 7.76. The van der Waals surface area contributed by atoms with Crippen molar-refractivity contribution in [3.05, 3.63) is 35.4 Å². The molecular weight excluding hydrogens is 304 g/mol. The minimum atomic E-state index is 0.712. The zero-order chi connectivity index (χ0) is 17.4. The van der Waals surface area contributed by atoms with E-state index in [-0.39, 0.29) is 0 Å². The fourth-order valence-electron chi connectivity index (χ4n) is 3.23. The van der Waals surface area contributed by atoms with Gasteiger partial charge in [0, 0.05) is 0 Å². The molecule has 0 aliphatic rings. The van der Waals surface area contributed by atoms with Gasteiger partial charge in [-0.1, -0.05) is 0 Å². The average molecular weight is 326 g/mol. The molecule has 4 nitrogen and oxygen atoms in total. The van der Waals surface area contributed by atoms with E-state index in [0.29, 0.717) is 11.5 Å². The van der Waals surface area contributed by atoms with E-state index in [2.05, 4.69) is 13.8 Å². The van der Waals surface area contributed by atoms with Gasteiger partial charge < -0.3 is 18.9 Å². The smallest absolute Gasteiger partial charge is 0.161 e. The van der Waals surface area contributed by atoms with Crippen LogP contribution < -0.4 is 18.9 Å². The van der Waals surface area contributed by atoms with Crippen LogP contribution in [0.15, 0.2) is 24.3 Å². The number of hydrogen-bond acceptors (Lipinski definition) is 4. The third-order valence-corrected chi connectivity index (χ3v) is 4.71. The van der Waals surface area contributed by atoms with Crippen LogP contribution in [0.1, 0.15) is 11.1 Å². The lowest BCUT2D eigenvalue weighted by Crippen LogP contribution is -1.96. The quantitative estimate of drug-likeness (QED) is 0.654. The number of ether oxygens (including phenoxy) is 4. The van der Waals surface area contributed by atoms with Gasteiger partial charge in [-0.05, 0) is 70.8 Å². The molecule has 0 unspecified atom stereocenters. The van der Waals surface area contributed by atoms with E-state index in [1.54, 1.807) is 28.4 Å². The first-order valence-electron chi connectivity index (χ1n) is 7.76. The summed E-state index contributed by atoms with van der Waals surface area (Å²) in [7, 11) is 6.61. The van der Waals surface area contributed by atoms with Gasteiger partial charge in [-0.15, -0.1) is 0 Å². The Hall–Kier alpha value is -2.62. The Morgan fingerprint density at radius 3 is 0.958 bits per heavy atom. The SMILES string of the molecule is COc1cc2c(C)c(C)c3cc(OC)c(OC)cc3c2cc1OC. The molecule has 0 heterocycles. The molecule has 0 fully saturated rings. The van der Waals surface area contributed by atoms with Crippen LogP contribution >= 0.6 is 0 Å². The summed E-state index contributed by atoms with van der Waals surface area (Å²) in [6.07, 6.45) is 0. The monoisotopic (exact) mass is 326 g/mol. The Morgan fingerprint density at radius 1 is 0.458 bits per heavy atom. The van der Waals surface area contributed by atoms with E-state index in [4.69, 9.17) is 18.9 Å². The highest BCUT2D eigenvalue weighted by molar-refractivity contribution is 6.12. The van der Waals surface area contributed by atoms with Crippen LogP contribution in [0.2, 0.25) is 0 Å². The van der Waals surface area contributed by atoms with Gasteiger partial charge in [-0.3, -0.25) is 0 Å². The molecule has 0 saturated heterocycles. The second-order valence-corrected chi connectivity index (χ2v) is 5.76. The van der Waals surface area contributed by atoms with E-state index >= 15 is 0 Å². The fraction of sp³-hybridized carbons (Fsp3) is 0.300. The maximum Gasteiger partial charge on any atom is 0.161 e. The van der Waals surface area contributed by atoms with Gasteiger partial charge in [0.1, 0.15) is 0 Å². The first-order chi connectivity index (χ1) is 11.5. The fourth-order valence-corrected chi connectivity index (χ4v) is 3.23. The van der Waals surface area contributed by atoms with Crippen LogP contribution in [0.3, 0.4) is 0 Å². The van der Waals surface area contributed by atoms with E-state index in [0.717, 1.165) is 33.0 Å². The summed E-state index contributed by atoms with van der Waals surface area (Å²) < 4.78 is 21.9. The van der Waals surface area contributed by atoms with Gasteiger partial charge in [-0.2, -0.15) is 0 Å². The van der Waals surface area contributed by atoms with Gasteiger partial charge in [0.25, 0.3) is 0 Å². The largest absolute Gasteiger partial charge is 0.493 e. The summed E-state index contributed by atoms with van der Waals surface area (Å²) in [5.41, 5.74) is 2.43. The molecule has 4 heteroatoms. The minimum absolute atomic E-state index is 0.712. The Balaban J connectivity index is 2.52. The van der Waals surface area contributed by atoms with Gasteiger partial charge in [0.05, 0.1) is 28.4 Å². The molecule has 3 rings (SSSR count). The second-order valence-electron chi connectivity index (χ2n) is 5.76. The standard InChI is InChI=1S/C20H22O4/c1-11-12(2)14-8-18(22-4)20(24-6)10-16(14)15-9-19(23-5)17(21-3)7-13(11)15/h7-10H,1-6H3. The predicted octanol–water partition coefficient (Wildman–Crippen LogP) is 4.64. The van der Waals surface area contributed by atoms with E-state index in [9.17, 15) is 0 Å². The normalized spacial score (nSPS) is 10.9. The summed E-state index contributed by atoms with van der Waals surface area (Å²) in [5.74, 6) is 2.88. The van der Waals surface area contributed by atoms with Crippen LogP contribution in [-0.4, -0.2) is 28.4 Å². The number of fused-ring (bicyclic) bond motifs is 3. The molecule has 126 valence electrons. The third kappa shape index (κ3) is 2.30. The molecule has 0 aromatic heterocycles. The molecule has 0 amide bonds. The van der Waals surface area contributed by atoms with Crippen LogP contribution in [0.5, 0.6) is 23.0 Å². The Labute approximate surface area is 141 Å². The Kier molecular flexibility index (Phi) is 4.14. The van der Waals surface area contributed by atoms with Crippen molar-refractivity contribution in [1.82, 2.24) is 0 Å². The lowest BCUT2D eigenvalue weighted by Gasteiger charge is -2.17. The Bertz CT molecular complexity index is 852. The molecule has 0 aliphatic carbocycles. The number of rotatable bonds is 4. The van der Waals surface area contributed by atoms with Crippen LogP contribution in [0.4, 0.5) is 0 Å². The first kappa shape index (κ1) is 16.2. The van der Waals surface area contributed by atoms with Crippen LogP contribution in [0.25, 0.3) is 21.5 Å². The van der Waals surface area contributed by atoms with Gasteiger partial charge in [0.15, 0.2) is 23.0 Å². The molecule has 0 radical (unpaired) electrons. The van der Waals surface area contributed by atoms with Crippen molar-refractivity contribution < 1.29 is 18.9 Å². The van der Waals surface area contributed by atoms with Crippen molar-refractivity contribution >= 4 is 21.5 Å². The van der Waals surface area contributed by atoms with Crippen molar-refractivity contribution in [3.8, 4) is 23.0 Å². The molecule has 0 N–H and O–H groups in total. The average Bonchev–Trinajstić information content (AvgIpc) is 2.63. The highest BCUT2D eigenvalue weighted by atomic mass is 16.5. The molecule has 0 saturated carbocycles. The summed E-state index contributed by atoms with van der Waals surface area (Å²) in [6.45, 7) is 4.25. The van der Waals surface area contributed by atoms with Crippen molar-refractivity contribution in [2.75, 3.05) is 28.4 Å². The van der Waals surface area contributed by atoms with Gasteiger partial charge >= 0.3 is 0 Å². The number of benzene rings is 3. The molecule has 0 spiro atoms. The molecule has 3 aromatic carbocycles. The van der Waals surface area contributed by atoms with Crippen LogP contribution in [-0.2, 0) is 0 Å². The third-order valence-electron chi connectivity index (χ3n) is 4.71. The summed E-state index contributed by atoms with van der Waals surface area (Å²) >= 11 is 0. The van der Waals surface area contributed by atoms with Crippen molar-refractivity contribution in [2.24, 2.45) is 0 Å². The number of methoxy groups -OCH3 is 4. The van der Waals surface area contributed by atoms with Gasteiger partial charge in [-0.25, -0.2) is 0 Å². The van der Waals surface area contributed by atoms with Crippen LogP contribution in [0, 0.1) is 13.8 Å². The van der Waals surface area contributed by atoms with E-state index < -0.39 is 0 Å². The molecule has 0 bridgehead atoms. The van der Waals surface area contributed by atoms with Gasteiger partial charge in [0.2, 0.25) is 0 Å². The summed E-state index contributed by atoms with van der Waals surface area (Å²) in [4.78, 5) is 0. The lowest BCUT2D eigenvalue weighted by atomic mass is 9.92. The minimum Gasteiger partial charge on any atom is -0.493 e. The highest BCUT2D eigenvalue weighted by Crippen LogP contribution is 2.42. The molecule has 3 aromatic rings. The molecular formula is C20H22O4. The molecule has 0 aliphatic heterocycles. The summed E-state index contributed by atoms with van der Waals surface area (Å²) in [5, 5.41) is 4.49. The molecule has 24 heavy (non-hydrogen) atoms. The molecule has 0 atom stereocenters. The maximum absolute atomic E-state index is 5.48. The predicted molar refractivity (Wildman–Crippen MR) is 97.1 cm³/mol. The van der Waals surface area contributed by atoms with E-state index in [1.807, 2.05) is 24.3 Å². The topological polar surface area (TPSA) is 36.9 Å². The van der Waals surface area contributed by atoms with Crippen molar-refractivity contribution in [3.63, 3.8) is 0 Å². The highest BCUT2D eigenvalue weighted by Gasteiger charge is 2.16. The lowest BCUT2D eigenvalue weighted by molar-refractivity contribution is 0.355. The zero-order valence-corrected chi connectivity index (χ0v) is 14.9. The number of hydrogen-bond donors (Lipinski definition) is 0.